The van der Waals surface area contributed by atoms with Gasteiger partial charge < -0.3 is 9.64 Å². The van der Waals surface area contributed by atoms with Crippen LogP contribution in [0.5, 0.6) is 5.75 Å². The van der Waals surface area contributed by atoms with Crippen molar-refractivity contribution in [1.82, 2.24) is 14.9 Å². The van der Waals surface area contributed by atoms with Gasteiger partial charge in [-0.1, -0.05) is 12.1 Å². The maximum absolute atomic E-state index is 5.30. The average Bonchev–Trinajstić information content (AvgIpc) is 3.03. The zero-order valence-electron chi connectivity index (χ0n) is 13.1. The maximum Gasteiger partial charge on any atom is 0.131 e. The standard InChI is InChI=1S/C17H22N4O/c1-20(17-6-8-18-13-19-17)15-7-9-21(12-15)11-14-4-3-5-16(10-14)22-2/h3-6,8,10,13,15H,7,9,11-12H2,1-2H3. The summed E-state index contributed by atoms with van der Waals surface area (Å²) in [5, 5.41) is 0. The van der Waals surface area contributed by atoms with Crippen LogP contribution < -0.4 is 9.64 Å². The van der Waals surface area contributed by atoms with Crippen LogP contribution in [0.4, 0.5) is 5.82 Å². The smallest absolute Gasteiger partial charge is 0.131 e. The molecular formula is C17H22N4O. The van der Waals surface area contributed by atoms with Gasteiger partial charge in [0, 0.05) is 38.9 Å². The molecule has 0 radical (unpaired) electrons. The predicted molar refractivity (Wildman–Crippen MR) is 87.1 cm³/mol. The number of ether oxygens (including phenoxy) is 1. The molecule has 1 aliphatic rings. The fourth-order valence-electron chi connectivity index (χ4n) is 2.98. The Morgan fingerprint density at radius 3 is 3.05 bits per heavy atom. The van der Waals surface area contributed by atoms with E-state index in [1.54, 1.807) is 19.6 Å². The molecule has 2 aromatic rings. The molecule has 1 unspecified atom stereocenters. The first-order valence-electron chi connectivity index (χ1n) is 7.60. The third kappa shape index (κ3) is 3.36. The molecule has 0 bridgehead atoms. The Hall–Kier alpha value is -2.14. The van der Waals surface area contributed by atoms with E-state index in [4.69, 9.17) is 4.74 Å². The second-order valence-corrected chi connectivity index (χ2v) is 5.71. The van der Waals surface area contributed by atoms with E-state index in [0.29, 0.717) is 6.04 Å². The largest absolute Gasteiger partial charge is 0.497 e. The summed E-state index contributed by atoms with van der Waals surface area (Å²) in [4.78, 5) is 13.1. The molecule has 5 heteroatoms. The van der Waals surface area contributed by atoms with E-state index in [9.17, 15) is 0 Å². The van der Waals surface area contributed by atoms with Crippen LogP contribution in [0, 0.1) is 0 Å². The Kier molecular flexibility index (Phi) is 4.53. The minimum Gasteiger partial charge on any atom is -0.497 e. The van der Waals surface area contributed by atoms with E-state index >= 15 is 0 Å². The van der Waals surface area contributed by atoms with Crippen molar-refractivity contribution in [3.8, 4) is 5.75 Å². The monoisotopic (exact) mass is 298 g/mol. The molecular weight excluding hydrogens is 276 g/mol. The van der Waals surface area contributed by atoms with Crippen molar-refractivity contribution < 1.29 is 4.74 Å². The highest BCUT2D eigenvalue weighted by Crippen LogP contribution is 2.22. The zero-order valence-corrected chi connectivity index (χ0v) is 13.1. The number of anilines is 1. The molecule has 22 heavy (non-hydrogen) atoms. The molecule has 5 nitrogen and oxygen atoms in total. The summed E-state index contributed by atoms with van der Waals surface area (Å²) in [5.41, 5.74) is 1.30. The van der Waals surface area contributed by atoms with Crippen LogP contribution in [0.2, 0.25) is 0 Å². The van der Waals surface area contributed by atoms with Crippen molar-refractivity contribution in [2.45, 2.75) is 19.0 Å². The predicted octanol–water partition coefficient (Wildman–Crippen LogP) is 2.20. The number of hydrogen-bond acceptors (Lipinski definition) is 5. The van der Waals surface area contributed by atoms with Crippen molar-refractivity contribution in [3.05, 3.63) is 48.4 Å². The van der Waals surface area contributed by atoms with Crippen LogP contribution in [0.25, 0.3) is 0 Å². The molecule has 1 aromatic heterocycles. The first-order valence-corrected chi connectivity index (χ1v) is 7.60. The van der Waals surface area contributed by atoms with E-state index in [2.05, 4.69) is 45.0 Å². The van der Waals surface area contributed by atoms with Crippen molar-refractivity contribution in [3.63, 3.8) is 0 Å². The Bertz CT molecular complexity index is 605. The number of nitrogens with zero attached hydrogens (tertiary/aromatic N) is 4. The third-order valence-electron chi connectivity index (χ3n) is 4.26. The molecule has 116 valence electrons. The van der Waals surface area contributed by atoms with Gasteiger partial charge in [-0.15, -0.1) is 0 Å². The topological polar surface area (TPSA) is 41.5 Å². The lowest BCUT2D eigenvalue weighted by molar-refractivity contribution is 0.325. The molecule has 1 aromatic carbocycles. The SMILES string of the molecule is COc1cccc(CN2CCC(N(C)c3ccncn3)C2)c1. The van der Waals surface area contributed by atoms with Gasteiger partial charge in [-0.2, -0.15) is 0 Å². The van der Waals surface area contributed by atoms with Gasteiger partial charge in [-0.3, -0.25) is 4.90 Å². The van der Waals surface area contributed by atoms with Gasteiger partial charge >= 0.3 is 0 Å². The van der Waals surface area contributed by atoms with Crippen molar-refractivity contribution >= 4 is 5.82 Å². The summed E-state index contributed by atoms with van der Waals surface area (Å²) in [7, 11) is 3.82. The van der Waals surface area contributed by atoms with Crippen LogP contribution in [0.15, 0.2) is 42.9 Å². The lowest BCUT2D eigenvalue weighted by Gasteiger charge is -2.25. The second kappa shape index (κ2) is 6.75. The van der Waals surface area contributed by atoms with Gasteiger partial charge in [0.05, 0.1) is 7.11 Å². The number of aromatic nitrogens is 2. The molecule has 0 saturated carbocycles. The summed E-state index contributed by atoms with van der Waals surface area (Å²) >= 11 is 0. The number of rotatable bonds is 5. The first kappa shape index (κ1) is 14.8. The number of likely N-dealkylation sites (tertiary alicyclic amines) is 1. The molecule has 0 spiro atoms. The fourth-order valence-corrected chi connectivity index (χ4v) is 2.98. The Balaban J connectivity index is 1.60. The number of benzene rings is 1. The quantitative estimate of drug-likeness (QED) is 0.846. The fraction of sp³-hybridized carbons (Fsp3) is 0.412. The number of hydrogen-bond donors (Lipinski definition) is 0. The lowest BCUT2D eigenvalue weighted by Crippen LogP contribution is -2.34. The molecule has 0 N–H and O–H groups in total. The Labute approximate surface area is 131 Å². The van der Waals surface area contributed by atoms with Crippen LogP contribution >= 0.6 is 0 Å². The molecule has 1 aliphatic heterocycles. The van der Waals surface area contributed by atoms with Crippen LogP contribution in [0.3, 0.4) is 0 Å². The van der Waals surface area contributed by atoms with Gasteiger partial charge in [0.2, 0.25) is 0 Å². The summed E-state index contributed by atoms with van der Waals surface area (Å²) in [6.45, 7) is 3.13. The number of methoxy groups -OCH3 is 1. The first-order chi connectivity index (χ1) is 10.8. The Morgan fingerprint density at radius 1 is 1.36 bits per heavy atom. The van der Waals surface area contributed by atoms with Gasteiger partial charge in [0.25, 0.3) is 0 Å². The van der Waals surface area contributed by atoms with Crippen molar-refractivity contribution in [2.24, 2.45) is 0 Å². The molecule has 0 aliphatic carbocycles. The average molecular weight is 298 g/mol. The summed E-state index contributed by atoms with van der Waals surface area (Å²) < 4.78 is 5.30. The van der Waals surface area contributed by atoms with Crippen molar-refractivity contribution in [1.29, 1.82) is 0 Å². The molecule has 1 fully saturated rings. The normalized spacial score (nSPS) is 18.4. The highest BCUT2D eigenvalue weighted by molar-refractivity contribution is 5.37. The van der Waals surface area contributed by atoms with Gasteiger partial charge in [-0.05, 0) is 30.2 Å². The molecule has 2 heterocycles. The van der Waals surface area contributed by atoms with Crippen LogP contribution in [-0.4, -0.2) is 48.2 Å². The zero-order chi connectivity index (χ0) is 15.4. The summed E-state index contributed by atoms with van der Waals surface area (Å²) in [5.74, 6) is 1.91. The van der Waals surface area contributed by atoms with E-state index in [1.807, 2.05) is 12.1 Å². The van der Waals surface area contributed by atoms with E-state index in [0.717, 1.165) is 37.6 Å². The molecule has 0 amide bonds. The van der Waals surface area contributed by atoms with Crippen molar-refractivity contribution in [2.75, 3.05) is 32.1 Å². The molecule has 1 atom stereocenters. The maximum atomic E-state index is 5.30. The lowest BCUT2D eigenvalue weighted by atomic mass is 10.2. The molecule has 1 saturated heterocycles. The summed E-state index contributed by atoms with van der Waals surface area (Å²) in [6, 6.07) is 10.8. The van der Waals surface area contributed by atoms with Crippen LogP contribution in [0.1, 0.15) is 12.0 Å². The van der Waals surface area contributed by atoms with Gasteiger partial charge in [0.1, 0.15) is 17.9 Å². The highest BCUT2D eigenvalue weighted by Gasteiger charge is 2.26. The van der Waals surface area contributed by atoms with E-state index in [-0.39, 0.29) is 0 Å². The Morgan fingerprint density at radius 2 is 2.27 bits per heavy atom. The minimum absolute atomic E-state index is 0.500. The summed E-state index contributed by atoms with van der Waals surface area (Å²) in [6.07, 6.45) is 4.56. The molecule has 3 rings (SSSR count). The van der Waals surface area contributed by atoms with E-state index < -0.39 is 0 Å². The highest BCUT2D eigenvalue weighted by atomic mass is 16.5. The van der Waals surface area contributed by atoms with Crippen LogP contribution in [-0.2, 0) is 6.54 Å². The van der Waals surface area contributed by atoms with E-state index in [1.165, 1.54) is 5.56 Å². The third-order valence-corrected chi connectivity index (χ3v) is 4.26. The second-order valence-electron chi connectivity index (χ2n) is 5.71. The van der Waals surface area contributed by atoms with Gasteiger partial charge in [0.15, 0.2) is 0 Å². The number of likely N-dealkylation sites (N-methyl/N-ethyl adjacent to an activating group) is 1. The minimum atomic E-state index is 0.500. The van der Waals surface area contributed by atoms with Gasteiger partial charge in [-0.25, -0.2) is 9.97 Å².